The van der Waals surface area contributed by atoms with Crippen molar-refractivity contribution in [1.29, 1.82) is 0 Å². The summed E-state index contributed by atoms with van der Waals surface area (Å²) in [6.07, 6.45) is 1.34. The first kappa shape index (κ1) is 22.2. The zero-order valence-electron chi connectivity index (χ0n) is 20.0. The summed E-state index contributed by atoms with van der Waals surface area (Å²) in [6.45, 7) is 8.02. The molecule has 1 atom stereocenters. The molecule has 0 aromatic heterocycles. The molecule has 34 heavy (non-hydrogen) atoms. The van der Waals surface area contributed by atoms with Crippen molar-refractivity contribution in [3.63, 3.8) is 0 Å². The molecule has 5 heteroatoms. The van der Waals surface area contributed by atoms with Gasteiger partial charge >= 0.3 is 5.97 Å². The van der Waals surface area contributed by atoms with E-state index in [0.717, 1.165) is 45.2 Å². The molecule has 0 unspecified atom stereocenters. The average molecular weight is 456 g/mol. The van der Waals surface area contributed by atoms with Crippen LogP contribution in [0.1, 0.15) is 57.7 Å². The summed E-state index contributed by atoms with van der Waals surface area (Å²) < 4.78 is 11.1. The molecule has 0 radical (unpaired) electrons. The summed E-state index contributed by atoms with van der Waals surface area (Å²) in [4.78, 5) is 25.1. The second kappa shape index (κ2) is 8.32. The molecule has 1 aliphatic heterocycles. The molecule has 0 saturated heterocycles. The zero-order chi connectivity index (χ0) is 24.0. The number of allylic oxidation sites excluding steroid dienone is 1. The molecular weight excluding hydrogens is 426 g/mol. The summed E-state index contributed by atoms with van der Waals surface area (Å²) in [5.74, 6) is 0.641. The second-order valence-corrected chi connectivity index (χ2v) is 9.85. The van der Waals surface area contributed by atoms with Gasteiger partial charge in [0, 0.05) is 30.2 Å². The number of benzene rings is 3. The van der Waals surface area contributed by atoms with Crippen molar-refractivity contribution < 1.29 is 19.1 Å². The Labute approximate surface area is 199 Å². The van der Waals surface area contributed by atoms with Crippen LogP contribution in [0.5, 0.6) is 11.5 Å². The van der Waals surface area contributed by atoms with Crippen molar-refractivity contribution >= 4 is 33.8 Å². The Hall–Kier alpha value is -3.60. The van der Waals surface area contributed by atoms with Gasteiger partial charge in [0.2, 0.25) is 0 Å². The van der Waals surface area contributed by atoms with E-state index in [1.54, 1.807) is 6.07 Å². The van der Waals surface area contributed by atoms with Gasteiger partial charge in [-0.2, -0.15) is 0 Å². The molecule has 1 heterocycles. The lowest BCUT2D eigenvalue weighted by atomic mass is 9.68. The van der Waals surface area contributed by atoms with Gasteiger partial charge in [0.1, 0.15) is 0 Å². The predicted octanol–water partition coefficient (Wildman–Crippen LogP) is 6.47. The van der Waals surface area contributed by atoms with Gasteiger partial charge in [-0.1, -0.05) is 50.2 Å². The van der Waals surface area contributed by atoms with Crippen LogP contribution in [0.2, 0.25) is 0 Å². The molecule has 5 rings (SSSR count). The Morgan fingerprint density at radius 1 is 1.06 bits per heavy atom. The van der Waals surface area contributed by atoms with E-state index in [1.807, 2.05) is 31.2 Å². The van der Waals surface area contributed by atoms with E-state index in [0.29, 0.717) is 24.5 Å². The van der Waals surface area contributed by atoms with Crippen LogP contribution in [-0.2, 0) is 9.59 Å². The van der Waals surface area contributed by atoms with E-state index in [1.165, 1.54) is 6.92 Å². The maximum Gasteiger partial charge on any atom is 0.308 e. The summed E-state index contributed by atoms with van der Waals surface area (Å²) in [5, 5.41) is 5.97. The quantitative estimate of drug-likeness (QED) is 0.361. The highest BCUT2D eigenvalue weighted by molar-refractivity contribution is 6.12. The minimum absolute atomic E-state index is 0.109. The fourth-order valence-corrected chi connectivity index (χ4v) is 5.30. The number of anilines is 1. The highest BCUT2D eigenvalue weighted by Crippen LogP contribution is 2.52. The topological polar surface area (TPSA) is 64.6 Å². The maximum atomic E-state index is 13.6. The van der Waals surface area contributed by atoms with Crippen molar-refractivity contribution in [3.05, 3.63) is 71.3 Å². The zero-order valence-corrected chi connectivity index (χ0v) is 20.0. The highest BCUT2D eigenvalue weighted by atomic mass is 16.6. The number of carbonyl (C=O) groups excluding carboxylic acids is 2. The molecule has 2 aliphatic rings. The first-order valence-corrected chi connectivity index (χ1v) is 11.8. The SMILES string of the molecule is CCOc1cc([C@@H]2Nc3ccc4ccccc4c3C3=C2C(=O)CC(C)(C)C3)ccc1OC(C)=O. The van der Waals surface area contributed by atoms with Crippen LogP contribution in [0.3, 0.4) is 0 Å². The molecule has 0 spiro atoms. The van der Waals surface area contributed by atoms with Gasteiger partial charge in [-0.05, 0) is 58.9 Å². The third kappa shape index (κ3) is 3.85. The van der Waals surface area contributed by atoms with Crippen molar-refractivity contribution in [1.82, 2.24) is 0 Å². The number of nitrogens with one attached hydrogen (secondary N) is 1. The summed E-state index contributed by atoms with van der Waals surface area (Å²) >= 11 is 0. The summed E-state index contributed by atoms with van der Waals surface area (Å²) in [5.41, 5.74) is 4.90. The molecule has 0 amide bonds. The van der Waals surface area contributed by atoms with Crippen molar-refractivity contribution in [2.45, 2.75) is 46.6 Å². The number of fused-ring (bicyclic) bond motifs is 4. The minimum Gasteiger partial charge on any atom is -0.490 e. The largest absolute Gasteiger partial charge is 0.490 e. The smallest absolute Gasteiger partial charge is 0.308 e. The molecule has 3 aromatic rings. The normalized spacial score (nSPS) is 18.7. The van der Waals surface area contributed by atoms with Crippen LogP contribution in [0.15, 0.2) is 60.2 Å². The molecule has 5 nitrogen and oxygen atoms in total. The van der Waals surface area contributed by atoms with E-state index >= 15 is 0 Å². The molecule has 3 aromatic carbocycles. The van der Waals surface area contributed by atoms with E-state index in [9.17, 15) is 9.59 Å². The standard InChI is InChI=1S/C29H29NO4/c1-5-33-25-14-19(11-13-24(25)34-17(2)31)28-27-21(15-29(3,4)16-23(27)32)26-20-9-7-6-8-18(20)10-12-22(26)30-28/h6-14,28,30H,5,15-16H2,1-4H3/t28-/m0/s1. The fraction of sp³-hybridized carbons (Fsp3) is 0.310. The van der Waals surface area contributed by atoms with Crippen LogP contribution in [-0.4, -0.2) is 18.4 Å². The summed E-state index contributed by atoms with van der Waals surface area (Å²) in [6, 6.07) is 17.8. The minimum atomic E-state index is -0.403. The Kier molecular flexibility index (Phi) is 5.43. The van der Waals surface area contributed by atoms with E-state index in [-0.39, 0.29) is 17.2 Å². The molecule has 1 aliphatic carbocycles. The van der Waals surface area contributed by atoms with Crippen LogP contribution >= 0.6 is 0 Å². The lowest BCUT2D eigenvalue weighted by molar-refractivity contribution is -0.132. The number of ketones is 1. The summed E-state index contributed by atoms with van der Waals surface area (Å²) in [7, 11) is 0. The second-order valence-electron chi connectivity index (χ2n) is 9.85. The van der Waals surface area contributed by atoms with Crippen molar-refractivity contribution in [2.75, 3.05) is 11.9 Å². The number of carbonyl (C=O) groups is 2. The lowest BCUT2D eigenvalue weighted by Crippen LogP contribution is -2.33. The third-order valence-corrected chi connectivity index (χ3v) is 6.59. The third-order valence-electron chi connectivity index (χ3n) is 6.59. The molecule has 174 valence electrons. The van der Waals surface area contributed by atoms with Gasteiger partial charge in [0.25, 0.3) is 0 Å². The van der Waals surface area contributed by atoms with Gasteiger partial charge in [-0.15, -0.1) is 0 Å². The number of esters is 1. The Morgan fingerprint density at radius 3 is 2.62 bits per heavy atom. The van der Waals surface area contributed by atoms with Gasteiger partial charge in [0.05, 0.1) is 12.6 Å². The number of ether oxygens (including phenoxy) is 2. The van der Waals surface area contributed by atoms with E-state index in [2.05, 4.69) is 43.4 Å². The fourth-order valence-electron chi connectivity index (χ4n) is 5.30. The van der Waals surface area contributed by atoms with Crippen molar-refractivity contribution in [2.24, 2.45) is 5.41 Å². The number of rotatable bonds is 4. The van der Waals surface area contributed by atoms with E-state index in [4.69, 9.17) is 9.47 Å². The number of hydrogen-bond acceptors (Lipinski definition) is 5. The van der Waals surface area contributed by atoms with Crippen LogP contribution < -0.4 is 14.8 Å². The molecule has 0 bridgehead atoms. The average Bonchev–Trinajstić information content (AvgIpc) is 2.78. The van der Waals surface area contributed by atoms with Gasteiger partial charge in [-0.25, -0.2) is 0 Å². The number of Topliss-reactive ketones (excluding diaryl/α,β-unsaturated/α-hetero) is 1. The maximum absolute atomic E-state index is 13.6. The first-order valence-electron chi connectivity index (χ1n) is 11.8. The van der Waals surface area contributed by atoms with Gasteiger partial charge in [-0.3, -0.25) is 9.59 Å². The van der Waals surface area contributed by atoms with Crippen LogP contribution in [0.25, 0.3) is 16.3 Å². The lowest BCUT2D eigenvalue weighted by Gasteiger charge is -2.40. The highest BCUT2D eigenvalue weighted by Gasteiger charge is 2.41. The molecule has 0 fully saturated rings. The monoisotopic (exact) mass is 455 g/mol. The Morgan fingerprint density at radius 2 is 1.85 bits per heavy atom. The molecule has 1 N–H and O–H groups in total. The Balaban J connectivity index is 1.71. The van der Waals surface area contributed by atoms with E-state index < -0.39 is 5.97 Å². The predicted molar refractivity (Wildman–Crippen MR) is 134 cm³/mol. The molecule has 0 saturated carbocycles. The van der Waals surface area contributed by atoms with Gasteiger partial charge in [0.15, 0.2) is 17.3 Å². The molecular formula is C29H29NO4. The van der Waals surface area contributed by atoms with Crippen LogP contribution in [0.4, 0.5) is 5.69 Å². The van der Waals surface area contributed by atoms with Crippen molar-refractivity contribution in [3.8, 4) is 11.5 Å². The van der Waals surface area contributed by atoms with Crippen LogP contribution in [0, 0.1) is 5.41 Å². The number of hydrogen-bond donors (Lipinski definition) is 1. The Bertz CT molecular complexity index is 1350. The first-order chi connectivity index (χ1) is 16.3. The van der Waals surface area contributed by atoms with Gasteiger partial charge < -0.3 is 14.8 Å².